The van der Waals surface area contributed by atoms with E-state index in [0.29, 0.717) is 0 Å². The van der Waals surface area contributed by atoms with E-state index in [-0.39, 0.29) is 4.49 Å². The minimum absolute atomic E-state index is 0.111. The first-order valence-corrected chi connectivity index (χ1v) is 2.78. The van der Waals surface area contributed by atoms with E-state index in [0.717, 1.165) is 0 Å². The first-order valence-electron chi connectivity index (χ1n) is 2.02. The van der Waals surface area contributed by atoms with Crippen molar-refractivity contribution in [3.63, 3.8) is 0 Å². The van der Waals surface area contributed by atoms with Crippen LogP contribution in [0.15, 0.2) is 36.8 Å². The zero-order valence-electron chi connectivity index (χ0n) is 4.94. The molecule has 0 aromatic rings. The summed E-state index contributed by atoms with van der Waals surface area (Å²) in [5, 5.41) is 0. The van der Waals surface area contributed by atoms with Gasteiger partial charge in [0, 0.05) is 0 Å². The Kier molecular flexibility index (Phi) is 13.4. The molecule has 0 spiro atoms. The van der Waals surface area contributed by atoms with Crippen LogP contribution >= 0.6 is 23.2 Å². The first kappa shape index (κ1) is 11.4. The molecule has 0 heterocycles. The lowest BCUT2D eigenvalue weighted by molar-refractivity contribution is 0.406. The maximum Gasteiger partial charge on any atom is 0.0992 e. The van der Waals surface area contributed by atoms with E-state index in [2.05, 4.69) is 24.5 Å². The third kappa shape index (κ3) is 93.1. The second-order valence-corrected chi connectivity index (χ2v) is 1.91. The molecule has 52 valence electrons. The summed E-state index contributed by atoms with van der Waals surface area (Å²) in [6.45, 7) is 9.60. The lowest BCUT2D eigenvalue weighted by Crippen LogP contribution is -1.52. The Morgan fingerprint density at radius 3 is 1.44 bits per heavy atom. The fourth-order valence-electron chi connectivity index (χ4n) is 0.0680. The summed E-state index contributed by atoms with van der Waals surface area (Å²) in [5.41, 5.74) is 0. The van der Waals surface area contributed by atoms with Crippen LogP contribution in [0.3, 0.4) is 0 Å². The van der Waals surface area contributed by atoms with Gasteiger partial charge < -0.3 is 4.74 Å². The SMILES string of the molecule is C=C(Cl)Cl.C=COC=C. The number of rotatable bonds is 2. The number of hydrogen-bond acceptors (Lipinski definition) is 1. The van der Waals surface area contributed by atoms with Gasteiger partial charge in [-0.3, -0.25) is 0 Å². The minimum Gasteiger partial charge on any atom is -0.474 e. The molecule has 0 saturated heterocycles. The third-order valence-corrected chi connectivity index (χ3v) is 0.192. The van der Waals surface area contributed by atoms with Crippen LogP contribution < -0.4 is 0 Å². The van der Waals surface area contributed by atoms with Crippen LogP contribution in [0.4, 0.5) is 0 Å². The highest BCUT2D eigenvalue weighted by molar-refractivity contribution is 6.55. The molecule has 0 bridgehead atoms. The van der Waals surface area contributed by atoms with Crippen LogP contribution in [-0.2, 0) is 4.74 Å². The quantitative estimate of drug-likeness (QED) is 0.573. The van der Waals surface area contributed by atoms with Crippen LogP contribution in [0.2, 0.25) is 0 Å². The predicted octanol–water partition coefficient (Wildman–Crippen LogP) is 3.23. The van der Waals surface area contributed by atoms with Gasteiger partial charge in [-0.25, -0.2) is 0 Å². The van der Waals surface area contributed by atoms with E-state index in [1.165, 1.54) is 12.5 Å². The Hall–Kier alpha value is -0.400. The lowest BCUT2D eigenvalue weighted by Gasteiger charge is -1.76. The van der Waals surface area contributed by atoms with Crippen molar-refractivity contribution in [2.45, 2.75) is 0 Å². The molecule has 0 atom stereocenters. The largest absolute Gasteiger partial charge is 0.474 e. The van der Waals surface area contributed by atoms with Crippen LogP contribution in [0, 0.1) is 0 Å². The molecule has 0 aromatic carbocycles. The lowest BCUT2D eigenvalue weighted by atomic mass is 11.1. The smallest absolute Gasteiger partial charge is 0.0992 e. The van der Waals surface area contributed by atoms with Crippen LogP contribution in [0.25, 0.3) is 0 Å². The van der Waals surface area contributed by atoms with Crippen molar-refractivity contribution in [2.75, 3.05) is 0 Å². The summed E-state index contributed by atoms with van der Waals surface area (Å²) in [4.78, 5) is 0. The fraction of sp³-hybridized carbons (Fsp3) is 0. The van der Waals surface area contributed by atoms with Gasteiger partial charge in [0.25, 0.3) is 0 Å². The molecule has 0 N–H and O–H groups in total. The molecule has 0 aliphatic rings. The van der Waals surface area contributed by atoms with Gasteiger partial charge in [0.2, 0.25) is 0 Å². The van der Waals surface area contributed by atoms with Crippen molar-refractivity contribution in [1.82, 2.24) is 0 Å². The summed E-state index contributed by atoms with van der Waals surface area (Å²) in [6, 6.07) is 0. The molecular formula is C6H8Cl2O. The van der Waals surface area contributed by atoms with Gasteiger partial charge in [0.15, 0.2) is 0 Å². The number of halogens is 2. The maximum atomic E-state index is 4.85. The van der Waals surface area contributed by atoms with Gasteiger partial charge >= 0.3 is 0 Å². The van der Waals surface area contributed by atoms with Gasteiger partial charge in [0.05, 0.1) is 17.0 Å². The molecule has 1 nitrogen and oxygen atoms in total. The highest BCUT2D eigenvalue weighted by Crippen LogP contribution is 1.98. The Balaban J connectivity index is 0. The highest BCUT2D eigenvalue weighted by atomic mass is 35.5. The zero-order chi connectivity index (χ0) is 7.70. The van der Waals surface area contributed by atoms with Crippen molar-refractivity contribution in [3.05, 3.63) is 36.8 Å². The molecule has 0 fully saturated rings. The van der Waals surface area contributed by atoms with Crippen molar-refractivity contribution >= 4 is 23.2 Å². The first-order chi connectivity index (χ1) is 4.15. The Bertz CT molecular complexity index is 89.2. The Labute approximate surface area is 65.2 Å². The molecule has 0 aromatic heterocycles. The fourth-order valence-corrected chi connectivity index (χ4v) is 0.0680. The minimum atomic E-state index is 0.111. The second kappa shape index (κ2) is 10.6. The zero-order valence-corrected chi connectivity index (χ0v) is 6.45. The van der Waals surface area contributed by atoms with Gasteiger partial charge in [-0.05, 0) is 0 Å². The standard InChI is InChI=1S/C4H6O.C2H2Cl2/c1-3-5-4-2;1-2(3)4/h3-4H,1-2H2;1H2. The normalized spacial score (nSPS) is 6.00. The summed E-state index contributed by atoms with van der Waals surface area (Å²) in [5.74, 6) is 0. The van der Waals surface area contributed by atoms with E-state index in [1.807, 2.05) is 0 Å². The average Bonchev–Trinajstić information content (AvgIpc) is 1.66. The molecule has 0 radical (unpaired) electrons. The maximum absolute atomic E-state index is 4.85. The highest BCUT2D eigenvalue weighted by Gasteiger charge is 1.60. The summed E-state index contributed by atoms with van der Waals surface area (Å²) >= 11 is 9.69. The second-order valence-electron chi connectivity index (χ2n) is 0.808. The van der Waals surface area contributed by atoms with Crippen LogP contribution in [-0.4, -0.2) is 0 Å². The Morgan fingerprint density at radius 1 is 1.22 bits per heavy atom. The van der Waals surface area contributed by atoms with Crippen molar-refractivity contribution in [2.24, 2.45) is 0 Å². The molecule has 3 heteroatoms. The number of ether oxygens (including phenoxy) is 1. The van der Waals surface area contributed by atoms with Crippen LogP contribution in [0.5, 0.6) is 0 Å². The molecule has 0 aliphatic carbocycles. The Morgan fingerprint density at radius 2 is 1.44 bits per heavy atom. The van der Waals surface area contributed by atoms with Crippen molar-refractivity contribution < 1.29 is 4.74 Å². The van der Waals surface area contributed by atoms with E-state index < -0.39 is 0 Å². The third-order valence-electron chi connectivity index (χ3n) is 0.192. The summed E-state index contributed by atoms with van der Waals surface area (Å²) in [7, 11) is 0. The number of hydrogen-bond donors (Lipinski definition) is 0. The summed E-state index contributed by atoms with van der Waals surface area (Å²) < 4.78 is 4.47. The predicted molar refractivity (Wildman–Crippen MR) is 42.3 cm³/mol. The molecule has 0 amide bonds. The van der Waals surface area contributed by atoms with Crippen LogP contribution in [0.1, 0.15) is 0 Å². The summed E-state index contributed by atoms with van der Waals surface area (Å²) in [6.07, 6.45) is 2.62. The van der Waals surface area contributed by atoms with Crippen molar-refractivity contribution in [1.29, 1.82) is 0 Å². The molecule has 0 rings (SSSR count). The molecule has 0 saturated carbocycles. The van der Waals surface area contributed by atoms with E-state index in [1.54, 1.807) is 0 Å². The van der Waals surface area contributed by atoms with E-state index in [4.69, 9.17) is 23.2 Å². The van der Waals surface area contributed by atoms with E-state index in [9.17, 15) is 0 Å². The van der Waals surface area contributed by atoms with Gasteiger partial charge in [-0.2, -0.15) is 0 Å². The molecular weight excluding hydrogens is 159 g/mol. The van der Waals surface area contributed by atoms with Gasteiger partial charge in [-0.15, -0.1) is 0 Å². The molecule has 0 unspecified atom stereocenters. The van der Waals surface area contributed by atoms with Gasteiger partial charge in [0.1, 0.15) is 0 Å². The van der Waals surface area contributed by atoms with E-state index >= 15 is 0 Å². The monoisotopic (exact) mass is 166 g/mol. The van der Waals surface area contributed by atoms with Crippen molar-refractivity contribution in [3.8, 4) is 0 Å². The van der Waals surface area contributed by atoms with Gasteiger partial charge in [-0.1, -0.05) is 42.9 Å². The topological polar surface area (TPSA) is 9.23 Å². The molecule has 0 aliphatic heterocycles. The average molecular weight is 167 g/mol. The molecule has 9 heavy (non-hydrogen) atoms.